The van der Waals surface area contributed by atoms with Gasteiger partial charge in [0.05, 0.1) is 11.6 Å². The van der Waals surface area contributed by atoms with E-state index in [-0.39, 0.29) is 11.4 Å². The third-order valence-corrected chi connectivity index (χ3v) is 5.13. The van der Waals surface area contributed by atoms with E-state index in [1.54, 1.807) is 7.11 Å². The van der Waals surface area contributed by atoms with Gasteiger partial charge in [-0.15, -0.1) is 0 Å². The maximum absolute atomic E-state index is 12.6. The Labute approximate surface area is 135 Å². The average Bonchev–Trinajstić information content (AvgIpc) is 2.41. The first-order chi connectivity index (χ1) is 9.89. The van der Waals surface area contributed by atoms with Crippen LogP contribution in [0.15, 0.2) is 22.7 Å². The molecule has 1 aromatic carbocycles. The van der Waals surface area contributed by atoms with Crippen molar-refractivity contribution < 1.29 is 9.53 Å². The molecule has 0 aromatic heterocycles. The SMILES string of the molecule is COc1ccc(C(=O)N(C)CC2(N(C)C)CCC2)cc1Br. The Kier molecular flexibility index (Phi) is 4.94. The van der Waals surface area contributed by atoms with E-state index in [1.165, 1.54) is 6.42 Å². The highest BCUT2D eigenvalue weighted by molar-refractivity contribution is 9.10. The third-order valence-electron chi connectivity index (χ3n) is 4.51. The van der Waals surface area contributed by atoms with Crippen molar-refractivity contribution in [2.24, 2.45) is 0 Å². The van der Waals surface area contributed by atoms with Crippen LogP contribution in [0.1, 0.15) is 29.6 Å². The summed E-state index contributed by atoms with van der Waals surface area (Å²) >= 11 is 3.43. The van der Waals surface area contributed by atoms with Crippen molar-refractivity contribution in [1.82, 2.24) is 9.80 Å². The molecule has 0 unspecified atom stereocenters. The zero-order valence-corrected chi connectivity index (χ0v) is 14.7. The van der Waals surface area contributed by atoms with Crippen molar-refractivity contribution in [1.29, 1.82) is 0 Å². The first kappa shape index (κ1) is 16.3. The normalized spacial score (nSPS) is 16.5. The van der Waals surface area contributed by atoms with Gasteiger partial charge in [-0.2, -0.15) is 0 Å². The predicted octanol–water partition coefficient (Wildman–Crippen LogP) is 3.01. The van der Waals surface area contributed by atoms with E-state index in [0.717, 1.165) is 29.6 Å². The Bertz CT molecular complexity index is 527. The van der Waals surface area contributed by atoms with Gasteiger partial charge in [0.1, 0.15) is 5.75 Å². The number of ether oxygens (including phenoxy) is 1. The molecule has 0 saturated heterocycles. The van der Waals surface area contributed by atoms with Gasteiger partial charge >= 0.3 is 0 Å². The molecule has 4 nitrogen and oxygen atoms in total. The van der Waals surface area contributed by atoms with Crippen molar-refractivity contribution in [3.8, 4) is 5.75 Å². The fraction of sp³-hybridized carbons (Fsp3) is 0.562. The standard InChI is InChI=1S/C16H23BrN2O2/c1-18(2)16(8-5-9-16)11-19(3)15(20)12-6-7-14(21-4)13(17)10-12/h6-7,10H,5,8-9,11H2,1-4H3. The van der Waals surface area contributed by atoms with Crippen LogP contribution in [0.5, 0.6) is 5.75 Å². The summed E-state index contributed by atoms with van der Waals surface area (Å²) < 4.78 is 6.00. The number of carbonyl (C=O) groups is 1. The second-order valence-corrected chi connectivity index (χ2v) is 6.84. The Morgan fingerprint density at radius 1 is 1.33 bits per heavy atom. The van der Waals surface area contributed by atoms with Gasteiger partial charge in [0.2, 0.25) is 0 Å². The predicted molar refractivity (Wildman–Crippen MR) is 87.9 cm³/mol. The molecule has 1 aromatic rings. The molecule has 2 rings (SSSR count). The lowest BCUT2D eigenvalue weighted by atomic mass is 9.75. The van der Waals surface area contributed by atoms with Crippen molar-refractivity contribution in [2.45, 2.75) is 24.8 Å². The number of hydrogen-bond acceptors (Lipinski definition) is 3. The quantitative estimate of drug-likeness (QED) is 0.814. The summed E-state index contributed by atoms with van der Waals surface area (Å²) in [6, 6.07) is 5.45. The molecule has 1 aliphatic rings. The van der Waals surface area contributed by atoms with Crippen molar-refractivity contribution in [3.05, 3.63) is 28.2 Å². The maximum Gasteiger partial charge on any atom is 0.253 e. The number of halogens is 1. The van der Waals surface area contributed by atoms with Gasteiger partial charge in [-0.05, 0) is 67.5 Å². The Morgan fingerprint density at radius 3 is 2.43 bits per heavy atom. The van der Waals surface area contributed by atoms with Gasteiger partial charge in [-0.3, -0.25) is 4.79 Å². The van der Waals surface area contributed by atoms with Crippen LogP contribution >= 0.6 is 15.9 Å². The molecule has 1 fully saturated rings. The first-order valence-electron chi connectivity index (χ1n) is 7.16. The van der Waals surface area contributed by atoms with E-state index >= 15 is 0 Å². The van der Waals surface area contributed by atoms with Crippen LogP contribution in [0.2, 0.25) is 0 Å². The Balaban J connectivity index is 2.10. The van der Waals surface area contributed by atoms with Gasteiger partial charge in [-0.1, -0.05) is 0 Å². The summed E-state index contributed by atoms with van der Waals surface area (Å²) in [4.78, 5) is 16.7. The highest BCUT2D eigenvalue weighted by Crippen LogP contribution is 2.37. The summed E-state index contributed by atoms with van der Waals surface area (Å²) in [5, 5.41) is 0. The monoisotopic (exact) mass is 354 g/mol. The molecule has 0 atom stereocenters. The van der Waals surface area contributed by atoms with Gasteiger partial charge in [0.25, 0.3) is 5.91 Å². The summed E-state index contributed by atoms with van der Waals surface area (Å²) in [6.07, 6.45) is 3.56. The summed E-state index contributed by atoms with van der Waals surface area (Å²) in [6.45, 7) is 0.766. The molecule has 0 spiro atoms. The second-order valence-electron chi connectivity index (χ2n) is 5.98. The number of rotatable bonds is 5. The fourth-order valence-electron chi connectivity index (χ4n) is 2.86. The molecule has 1 saturated carbocycles. The molecule has 0 radical (unpaired) electrons. The van der Waals surface area contributed by atoms with E-state index in [4.69, 9.17) is 4.74 Å². The van der Waals surface area contributed by atoms with Gasteiger partial charge < -0.3 is 14.5 Å². The Hall–Kier alpha value is -1.07. The van der Waals surface area contributed by atoms with Crippen LogP contribution in [0.25, 0.3) is 0 Å². The minimum absolute atomic E-state index is 0.0477. The highest BCUT2D eigenvalue weighted by Gasteiger charge is 2.40. The lowest BCUT2D eigenvalue weighted by molar-refractivity contribution is 0.0252. The van der Waals surface area contributed by atoms with E-state index in [0.29, 0.717) is 5.56 Å². The number of nitrogens with zero attached hydrogens (tertiary/aromatic N) is 2. The summed E-state index contributed by atoms with van der Waals surface area (Å²) in [5.41, 5.74) is 0.826. The van der Waals surface area contributed by atoms with E-state index in [1.807, 2.05) is 30.1 Å². The van der Waals surface area contributed by atoms with Crippen molar-refractivity contribution >= 4 is 21.8 Å². The van der Waals surface area contributed by atoms with Crippen LogP contribution in [0.3, 0.4) is 0 Å². The molecular formula is C16H23BrN2O2. The van der Waals surface area contributed by atoms with E-state index < -0.39 is 0 Å². The highest BCUT2D eigenvalue weighted by atomic mass is 79.9. The molecule has 5 heteroatoms. The molecule has 0 heterocycles. The summed E-state index contributed by atoms with van der Waals surface area (Å²) in [5.74, 6) is 0.782. The van der Waals surface area contributed by atoms with Crippen LogP contribution in [-0.2, 0) is 0 Å². The lowest BCUT2D eigenvalue weighted by Gasteiger charge is -2.49. The largest absolute Gasteiger partial charge is 0.496 e. The number of benzene rings is 1. The van der Waals surface area contributed by atoms with Crippen LogP contribution in [0.4, 0.5) is 0 Å². The summed E-state index contributed by atoms with van der Waals surface area (Å²) in [7, 11) is 7.69. The van der Waals surface area contributed by atoms with Crippen LogP contribution < -0.4 is 4.74 Å². The molecule has 1 aliphatic carbocycles. The minimum atomic E-state index is 0.0477. The van der Waals surface area contributed by atoms with Gasteiger partial charge in [0.15, 0.2) is 0 Å². The molecule has 116 valence electrons. The molecule has 0 N–H and O–H groups in total. The lowest BCUT2D eigenvalue weighted by Crippen LogP contribution is -2.57. The van der Waals surface area contributed by atoms with E-state index in [9.17, 15) is 4.79 Å². The molecule has 1 amide bonds. The molecule has 21 heavy (non-hydrogen) atoms. The van der Waals surface area contributed by atoms with Crippen molar-refractivity contribution in [3.63, 3.8) is 0 Å². The third kappa shape index (κ3) is 3.24. The molecule has 0 aliphatic heterocycles. The fourth-order valence-corrected chi connectivity index (χ4v) is 3.41. The number of amides is 1. The number of hydrogen-bond donors (Lipinski definition) is 0. The number of likely N-dealkylation sites (N-methyl/N-ethyl adjacent to an activating group) is 2. The zero-order valence-electron chi connectivity index (χ0n) is 13.1. The first-order valence-corrected chi connectivity index (χ1v) is 7.95. The van der Waals surface area contributed by atoms with Gasteiger partial charge in [0, 0.05) is 24.7 Å². The average molecular weight is 355 g/mol. The van der Waals surface area contributed by atoms with Crippen LogP contribution in [-0.4, -0.2) is 56.0 Å². The number of carbonyl (C=O) groups excluding carboxylic acids is 1. The van der Waals surface area contributed by atoms with Gasteiger partial charge in [-0.25, -0.2) is 0 Å². The number of methoxy groups -OCH3 is 1. The maximum atomic E-state index is 12.6. The minimum Gasteiger partial charge on any atom is -0.496 e. The smallest absolute Gasteiger partial charge is 0.253 e. The van der Waals surface area contributed by atoms with Crippen LogP contribution in [0, 0.1) is 0 Å². The molecule has 0 bridgehead atoms. The van der Waals surface area contributed by atoms with Crippen molar-refractivity contribution in [2.75, 3.05) is 34.8 Å². The second kappa shape index (κ2) is 6.36. The van der Waals surface area contributed by atoms with E-state index in [2.05, 4.69) is 34.9 Å². The Morgan fingerprint density at radius 2 is 2.00 bits per heavy atom. The zero-order chi connectivity index (χ0) is 15.6. The topological polar surface area (TPSA) is 32.8 Å². The molecular weight excluding hydrogens is 332 g/mol.